The lowest BCUT2D eigenvalue weighted by molar-refractivity contribution is 0.282. The van der Waals surface area contributed by atoms with Crippen LogP contribution < -0.4 is 0 Å². The van der Waals surface area contributed by atoms with Crippen LogP contribution in [0.2, 0.25) is 5.02 Å². The van der Waals surface area contributed by atoms with E-state index in [9.17, 15) is 0 Å². The second kappa shape index (κ2) is 4.64. The van der Waals surface area contributed by atoms with Crippen LogP contribution in [-0.2, 0) is 6.61 Å². The third-order valence-corrected chi connectivity index (χ3v) is 2.73. The van der Waals surface area contributed by atoms with Crippen LogP contribution in [0.1, 0.15) is 11.1 Å². The van der Waals surface area contributed by atoms with Crippen LogP contribution in [0.5, 0.6) is 0 Å². The molecule has 0 aliphatic rings. The number of aromatic nitrogens is 1. The lowest BCUT2D eigenvalue weighted by Gasteiger charge is -2.06. The summed E-state index contributed by atoms with van der Waals surface area (Å²) >= 11 is 6.13. The van der Waals surface area contributed by atoms with Crippen molar-refractivity contribution in [1.82, 2.24) is 4.98 Å². The Hall–Kier alpha value is -1.38. The molecule has 2 aromatic rings. The van der Waals surface area contributed by atoms with E-state index in [1.807, 2.05) is 25.1 Å². The second-order valence-electron chi connectivity index (χ2n) is 3.72. The molecule has 1 aromatic carbocycles. The molecule has 0 aliphatic heterocycles. The maximum atomic E-state index is 9.10. The first-order valence-corrected chi connectivity index (χ1v) is 5.40. The average Bonchev–Trinajstić information content (AvgIpc) is 2.30. The summed E-state index contributed by atoms with van der Waals surface area (Å²) in [7, 11) is 0. The summed E-state index contributed by atoms with van der Waals surface area (Å²) in [5.41, 5.74) is 3.81. The van der Waals surface area contributed by atoms with Gasteiger partial charge in [0, 0.05) is 28.5 Å². The van der Waals surface area contributed by atoms with E-state index >= 15 is 0 Å². The SMILES string of the molecule is Cc1cncc(-c2cc(CO)ccc2Cl)c1. The molecule has 16 heavy (non-hydrogen) atoms. The molecule has 0 atom stereocenters. The molecule has 0 spiro atoms. The molecule has 2 rings (SSSR count). The maximum Gasteiger partial charge on any atom is 0.0682 e. The van der Waals surface area contributed by atoms with Gasteiger partial charge in [0.2, 0.25) is 0 Å². The Morgan fingerprint density at radius 3 is 2.75 bits per heavy atom. The van der Waals surface area contributed by atoms with Crippen LogP contribution in [0.4, 0.5) is 0 Å². The van der Waals surface area contributed by atoms with E-state index < -0.39 is 0 Å². The third kappa shape index (κ3) is 2.23. The van der Waals surface area contributed by atoms with Gasteiger partial charge in [-0.3, -0.25) is 4.98 Å². The maximum absolute atomic E-state index is 9.10. The molecule has 0 bridgehead atoms. The number of rotatable bonds is 2. The minimum atomic E-state index is 0.0173. The molecule has 0 amide bonds. The molecule has 2 nitrogen and oxygen atoms in total. The van der Waals surface area contributed by atoms with Crippen molar-refractivity contribution in [3.63, 3.8) is 0 Å². The fourth-order valence-corrected chi connectivity index (χ4v) is 1.82. The summed E-state index contributed by atoms with van der Waals surface area (Å²) in [6.07, 6.45) is 3.57. The highest BCUT2D eigenvalue weighted by atomic mass is 35.5. The molecule has 0 unspecified atom stereocenters. The summed E-state index contributed by atoms with van der Waals surface area (Å²) in [6, 6.07) is 7.52. The van der Waals surface area contributed by atoms with Crippen molar-refractivity contribution in [3.05, 3.63) is 52.8 Å². The average molecular weight is 234 g/mol. The number of pyridine rings is 1. The van der Waals surface area contributed by atoms with E-state index in [1.54, 1.807) is 18.5 Å². The smallest absolute Gasteiger partial charge is 0.0682 e. The van der Waals surface area contributed by atoms with Crippen LogP contribution >= 0.6 is 11.6 Å². The summed E-state index contributed by atoms with van der Waals surface area (Å²) in [4.78, 5) is 4.14. The molecule has 0 radical (unpaired) electrons. The summed E-state index contributed by atoms with van der Waals surface area (Å²) < 4.78 is 0. The lowest BCUT2D eigenvalue weighted by Crippen LogP contribution is -1.87. The van der Waals surface area contributed by atoms with Gasteiger partial charge in [-0.25, -0.2) is 0 Å². The molecule has 82 valence electrons. The first-order chi connectivity index (χ1) is 7.70. The molecule has 0 aliphatic carbocycles. The zero-order valence-electron chi connectivity index (χ0n) is 8.94. The lowest BCUT2D eigenvalue weighted by atomic mass is 10.0. The molecular formula is C13H12ClNO. The Morgan fingerprint density at radius 1 is 1.25 bits per heavy atom. The quantitative estimate of drug-likeness (QED) is 0.864. The minimum absolute atomic E-state index is 0.0173. The van der Waals surface area contributed by atoms with E-state index in [4.69, 9.17) is 16.7 Å². The molecule has 1 aromatic heterocycles. The zero-order chi connectivity index (χ0) is 11.5. The molecule has 0 fully saturated rings. The Balaban J connectivity index is 2.54. The first-order valence-electron chi connectivity index (χ1n) is 5.02. The molecule has 0 saturated carbocycles. The van der Waals surface area contributed by atoms with E-state index in [-0.39, 0.29) is 6.61 Å². The van der Waals surface area contributed by atoms with Gasteiger partial charge in [0.15, 0.2) is 0 Å². The van der Waals surface area contributed by atoms with Gasteiger partial charge in [-0.1, -0.05) is 17.7 Å². The standard InChI is InChI=1S/C13H12ClNO/c1-9-4-11(7-15-6-9)12-5-10(8-16)2-3-13(12)14/h2-7,16H,8H2,1H3. The molecule has 0 saturated heterocycles. The van der Waals surface area contributed by atoms with Crippen molar-refractivity contribution >= 4 is 11.6 Å². The monoisotopic (exact) mass is 233 g/mol. The highest BCUT2D eigenvalue weighted by Gasteiger charge is 2.05. The predicted octanol–water partition coefficient (Wildman–Crippen LogP) is 3.20. The van der Waals surface area contributed by atoms with Crippen LogP contribution in [0.25, 0.3) is 11.1 Å². The van der Waals surface area contributed by atoms with Crippen molar-refractivity contribution < 1.29 is 5.11 Å². The van der Waals surface area contributed by atoms with Crippen LogP contribution in [0.15, 0.2) is 36.7 Å². The van der Waals surface area contributed by atoms with Crippen molar-refractivity contribution in [2.75, 3.05) is 0 Å². The number of hydrogen-bond donors (Lipinski definition) is 1. The third-order valence-electron chi connectivity index (χ3n) is 2.40. The Kier molecular flexibility index (Phi) is 3.22. The van der Waals surface area contributed by atoms with Crippen LogP contribution in [0, 0.1) is 6.92 Å². The molecule has 1 N–H and O–H groups in total. The largest absolute Gasteiger partial charge is 0.392 e. The number of benzene rings is 1. The molecule has 1 heterocycles. The van der Waals surface area contributed by atoms with Gasteiger partial charge in [0.05, 0.1) is 6.61 Å². The van der Waals surface area contributed by atoms with Crippen molar-refractivity contribution in [3.8, 4) is 11.1 Å². The number of hydrogen-bond acceptors (Lipinski definition) is 2. The number of aliphatic hydroxyl groups is 1. The van der Waals surface area contributed by atoms with Crippen LogP contribution in [0.3, 0.4) is 0 Å². The van der Waals surface area contributed by atoms with Gasteiger partial charge < -0.3 is 5.11 Å². The van der Waals surface area contributed by atoms with Crippen LogP contribution in [-0.4, -0.2) is 10.1 Å². The fourth-order valence-electron chi connectivity index (χ4n) is 1.59. The van der Waals surface area contributed by atoms with E-state index in [1.165, 1.54) is 0 Å². The normalized spacial score (nSPS) is 10.4. The van der Waals surface area contributed by atoms with E-state index in [0.29, 0.717) is 5.02 Å². The Morgan fingerprint density at radius 2 is 2.06 bits per heavy atom. The molecule has 3 heteroatoms. The number of aliphatic hydroxyl groups excluding tert-OH is 1. The minimum Gasteiger partial charge on any atom is -0.392 e. The Labute approximate surface area is 99.5 Å². The Bertz CT molecular complexity index is 511. The second-order valence-corrected chi connectivity index (χ2v) is 4.13. The van der Waals surface area contributed by atoms with Gasteiger partial charge in [-0.05, 0) is 36.2 Å². The number of halogens is 1. The van der Waals surface area contributed by atoms with Gasteiger partial charge in [0.25, 0.3) is 0 Å². The van der Waals surface area contributed by atoms with Crippen molar-refractivity contribution in [2.45, 2.75) is 13.5 Å². The fraction of sp³-hybridized carbons (Fsp3) is 0.154. The zero-order valence-corrected chi connectivity index (χ0v) is 9.70. The van der Waals surface area contributed by atoms with E-state index in [2.05, 4.69) is 4.98 Å². The molecular weight excluding hydrogens is 222 g/mol. The number of aryl methyl sites for hydroxylation is 1. The summed E-state index contributed by atoms with van der Waals surface area (Å²) in [5.74, 6) is 0. The van der Waals surface area contributed by atoms with Gasteiger partial charge in [-0.2, -0.15) is 0 Å². The van der Waals surface area contributed by atoms with Gasteiger partial charge in [-0.15, -0.1) is 0 Å². The first kappa shape index (κ1) is 11.1. The predicted molar refractivity (Wildman–Crippen MR) is 65.3 cm³/mol. The topological polar surface area (TPSA) is 33.1 Å². The summed E-state index contributed by atoms with van der Waals surface area (Å²) in [6.45, 7) is 2.00. The number of nitrogens with zero attached hydrogens (tertiary/aromatic N) is 1. The van der Waals surface area contributed by atoms with E-state index in [0.717, 1.165) is 22.3 Å². The van der Waals surface area contributed by atoms with Gasteiger partial charge in [0.1, 0.15) is 0 Å². The highest BCUT2D eigenvalue weighted by Crippen LogP contribution is 2.28. The van der Waals surface area contributed by atoms with Crippen molar-refractivity contribution in [1.29, 1.82) is 0 Å². The van der Waals surface area contributed by atoms with Crippen molar-refractivity contribution in [2.24, 2.45) is 0 Å². The highest BCUT2D eigenvalue weighted by molar-refractivity contribution is 6.33. The van der Waals surface area contributed by atoms with Gasteiger partial charge >= 0.3 is 0 Å². The summed E-state index contributed by atoms with van der Waals surface area (Å²) in [5, 5.41) is 9.77.